The van der Waals surface area contributed by atoms with Crippen LogP contribution in [0.1, 0.15) is 27.9 Å². The molecule has 8 nitrogen and oxygen atoms in total. The van der Waals surface area contributed by atoms with E-state index in [1.54, 1.807) is 26.0 Å². The molecule has 0 unspecified atom stereocenters. The van der Waals surface area contributed by atoms with Crippen LogP contribution in [0.3, 0.4) is 0 Å². The maximum atomic E-state index is 11.8. The molecule has 0 radical (unpaired) electrons. The number of hydrogen-bond donors (Lipinski definition) is 2. The lowest BCUT2D eigenvalue weighted by molar-refractivity contribution is 0.0531. The number of hydrazone groups is 1. The van der Waals surface area contributed by atoms with Crippen LogP contribution in [0.5, 0.6) is 17.2 Å². The third-order valence-corrected chi connectivity index (χ3v) is 4.18. The smallest absolute Gasteiger partial charge is 0.350 e. The number of nitrogens with one attached hydrogen (secondary N) is 1. The first-order valence-electron chi connectivity index (χ1n) is 7.38. The zero-order valence-corrected chi connectivity index (χ0v) is 15.1. The van der Waals surface area contributed by atoms with Crippen LogP contribution in [-0.4, -0.2) is 43.1 Å². The first-order valence-corrected chi connectivity index (χ1v) is 8.20. The summed E-state index contributed by atoms with van der Waals surface area (Å²) in [6, 6.07) is 3.22. The number of esters is 1. The number of phenols is 1. The Hall–Kier alpha value is -2.81. The van der Waals surface area contributed by atoms with Gasteiger partial charge in [0.05, 0.1) is 32.7 Å². The quantitative estimate of drug-likeness (QED) is 0.442. The van der Waals surface area contributed by atoms with Crippen LogP contribution >= 0.6 is 11.3 Å². The van der Waals surface area contributed by atoms with E-state index < -0.39 is 5.97 Å². The van der Waals surface area contributed by atoms with Crippen LogP contribution in [0, 0.1) is 6.92 Å². The summed E-state index contributed by atoms with van der Waals surface area (Å²) in [6.45, 7) is 3.78. The van der Waals surface area contributed by atoms with E-state index in [1.807, 2.05) is 0 Å². The highest BCUT2D eigenvalue weighted by Crippen LogP contribution is 2.36. The highest BCUT2D eigenvalue weighted by Gasteiger charge is 2.16. The van der Waals surface area contributed by atoms with E-state index in [1.165, 1.54) is 20.4 Å². The SMILES string of the molecule is CCOC(=O)c1sc(NN=Cc2cc(OC)c(O)c(OC)c2)nc1C. The minimum atomic E-state index is -0.400. The molecule has 25 heavy (non-hydrogen) atoms. The summed E-state index contributed by atoms with van der Waals surface area (Å²) in [5.74, 6) is 0.0678. The van der Waals surface area contributed by atoms with Crippen LogP contribution in [0.2, 0.25) is 0 Å². The number of anilines is 1. The summed E-state index contributed by atoms with van der Waals surface area (Å²) in [4.78, 5) is 16.4. The van der Waals surface area contributed by atoms with E-state index in [4.69, 9.17) is 14.2 Å². The van der Waals surface area contributed by atoms with E-state index in [-0.39, 0.29) is 17.2 Å². The van der Waals surface area contributed by atoms with Crippen molar-refractivity contribution in [1.82, 2.24) is 4.98 Å². The number of aromatic nitrogens is 1. The number of ether oxygens (including phenoxy) is 3. The van der Waals surface area contributed by atoms with Gasteiger partial charge < -0.3 is 19.3 Å². The van der Waals surface area contributed by atoms with E-state index in [9.17, 15) is 9.90 Å². The van der Waals surface area contributed by atoms with Gasteiger partial charge in [-0.1, -0.05) is 11.3 Å². The largest absolute Gasteiger partial charge is 0.502 e. The number of phenolic OH excluding ortho intramolecular Hbond substituents is 1. The van der Waals surface area contributed by atoms with Gasteiger partial charge in [0, 0.05) is 5.56 Å². The molecule has 0 atom stereocenters. The summed E-state index contributed by atoms with van der Waals surface area (Å²) >= 11 is 1.16. The van der Waals surface area contributed by atoms with Gasteiger partial charge in [-0.15, -0.1) is 0 Å². The van der Waals surface area contributed by atoms with Crippen molar-refractivity contribution in [1.29, 1.82) is 0 Å². The van der Waals surface area contributed by atoms with E-state index in [0.717, 1.165) is 11.3 Å². The maximum Gasteiger partial charge on any atom is 0.350 e. The Morgan fingerprint density at radius 1 is 1.36 bits per heavy atom. The normalized spacial score (nSPS) is 10.7. The van der Waals surface area contributed by atoms with Crippen LogP contribution in [0.25, 0.3) is 0 Å². The third-order valence-electron chi connectivity index (χ3n) is 3.13. The van der Waals surface area contributed by atoms with Gasteiger partial charge in [-0.05, 0) is 26.0 Å². The molecule has 2 aromatic rings. The molecular weight excluding hydrogens is 346 g/mol. The molecule has 0 saturated heterocycles. The Balaban J connectivity index is 2.14. The number of nitrogens with zero attached hydrogens (tertiary/aromatic N) is 2. The Bertz CT molecular complexity index is 763. The van der Waals surface area contributed by atoms with E-state index in [0.29, 0.717) is 27.9 Å². The molecule has 1 aromatic heterocycles. The lowest BCUT2D eigenvalue weighted by atomic mass is 10.2. The maximum absolute atomic E-state index is 11.8. The Morgan fingerprint density at radius 3 is 2.56 bits per heavy atom. The molecule has 0 amide bonds. The van der Waals surface area contributed by atoms with Gasteiger partial charge in [0.1, 0.15) is 4.88 Å². The third kappa shape index (κ3) is 4.38. The predicted molar refractivity (Wildman–Crippen MR) is 95.2 cm³/mol. The fraction of sp³-hybridized carbons (Fsp3) is 0.312. The number of thiazole rings is 1. The standard InChI is InChI=1S/C16H19N3O5S/c1-5-24-15(21)14-9(2)18-16(25-14)19-17-8-10-6-11(22-3)13(20)12(7-10)23-4/h6-8,20H,5H2,1-4H3,(H,18,19). The summed E-state index contributed by atoms with van der Waals surface area (Å²) in [7, 11) is 2.89. The van der Waals surface area contributed by atoms with Gasteiger partial charge in [0.15, 0.2) is 11.5 Å². The molecule has 0 aliphatic rings. The molecule has 0 aliphatic heterocycles. The number of aryl methyl sites for hydroxylation is 1. The molecule has 0 fully saturated rings. The zero-order valence-electron chi connectivity index (χ0n) is 14.3. The number of carbonyl (C=O) groups is 1. The molecule has 0 spiro atoms. The number of benzene rings is 1. The molecule has 0 aliphatic carbocycles. The lowest BCUT2D eigenvalue weighted by Gasteiger charge is -2.09. The van der Waals surface area contributed by atoms with Crippen LogP contribution in [0.4, 0.5) is 5.13 Å². The van der Waals surface area contributed by atoms with E-state index >= 15 is 0 Å². The monoisotopic (exact) mass is 365 g/mol. The van der Waals surface area contributed by atoms with Gasteiger partial charge in [-0.25, -0.2) is 9.78 Å². The number of methoxy groups -OCH3 is 2. The molecule has 9 heteroatoms. The summed E-state index contributed by atoms with van der Waals surface area (Å²) in [6.07, 6.45) is 1.52. The number of aromatic hydroxyl groups is 1. The predicted octanol–water partition coefficient (Wildman–Crippen LogP) is 2.80. The molecule has 1 aromatic carbocycles. The number of carbonyl (C=O) groups excluding carboxylic acids is 1. The molecule has 1 heterocycles. The fourth-order valence-corrected chi connectivity index (χ4v) is 2.79. The molecule has 134 valence electrons. The van der Waals surface area contributed by atoms with Crippen LogP contribution < -0.4 is 14.9 Å². The summed E-state index contributed by atoms with van der Waals surface area (Å²) in [5.41, 5.74) is 3.99. The minimum Gasteiger partial charge on any atom is -0.502 e. The highest BCUT2D eigenvalue weighted by atomic mass is 32.1. The number of rotatable bonds is 7. The van der Waals surface area contributed by atoms with Gasteiger partial charge in [0.25, 0.3) is 0 Å². The van der Waals surface area contributed by atoms with Crippen molar-refractivity contribution in [3.8, 4) is 17.2 Å². The Labute approximate surface area is 149 Å². The van der Waals surface area contributed by atoms with Crippen molar-refractivity contribution in [3.63, 3.8) is 0 Å². The molecule has 0 bridgehead atoms. The van der Waals surface area contributed by atoms with Gasteiger partial charge in [-0.3, -0.25) is 5.43 Å². The Morgan fingerprint density at radius 2 is 2.00 bits per heavy atom. The molecule has 0 saturated carbocycles. The lowest BCUT2D eigenvalue weighted by Crippen LogP contribution is -2.03. The van der Waals surface area contributed by atoms with Crippen molar-refractivity contribution in [2.24, 2.45) is 5.10 Å². The average molecular weight is 365 g/mol. The summed E-state index contributed by atoms with van der Waals surface area (Å²) in [5, 5.41) is 14.4. The number of hydrogen-bond acceptors (Lipinski definition) is 9. The second kappa shape index (κ2) is 8.34. The van der Waals surface area contributed by atoms with Gasteiger partial charge in [-0.2, -0.15) is 5.10 Å². The summed E-state index contributed by atoms with van der Waals surface area (Å²) < 4.78 is 15.1. The van der Waals surface area contributed by atoms with E-state index in [2.05, 4.69) is 15.5 Å². The Kier molecular flexibility index (Phi) is 6.18. The zero-order chi connectivity index (χ0) is 18.4. The fourth-order valence-electron chi connectivity index (χ4n) is 1.98. The average Bonchev–Trinajstić information content (AvgIpc) is 2.97. The van der Waals surface area contributed by atoms with Crippen molar-refractivity contribution in [3.05, 3.63) is 28.3 Å². The van der Waals surface area contributed by atoms with Crippen molar-refractivity contribution >= 4 is 28.7 Å². The van der Waals surface area contributed by atoms with Gasteiger partial charge in [0.2, 0.25) is 10.9 Å². The first kappa shape index (κ1) is 18.5. The second-order valence-corrected chi connectivity index (χ2v) is 5.80. The van der Waals surface area contributed by atoms with Crippen molar-refractivity contribution < 1.29 is 24.1 Å². The first-order chi connectivity index (χ1) is 12.0. The molecule has 2 rings (SSSR count). The molecular formula is C16H19N3O5S. The van der Waals surface area contributed by atoms with Crippen molar-refractivity contribution in [2.75, 3.05) is 26.3 Å². The topological polar surface area (TPSA) is 102 Å². The van der Waals surface area contributed by atoms with Crippen molar-refractivity contribution in [2.45, 2.75) is 13.8 Å². The minimum absolute atomic E-state index is 0.0789. The molecule has 2 N–H and O–H groups in total. The van der Waals surface area contributed by atoms with Gasteiger partial charge >= 0.3 is 5.97 Å². The second-order valence-electron chi connectivity index (χ2n) is 4.80. The van der Waals surface area contributed by atoms with Crippen LogP contribution in [0.15, 0.2) is 17.2 Å². The highest BCUT2D eigenvalue weighted by molar-refractivity contribution is 7.17. The van der Waals surface area contributed by atoms with Crippen LogP contribution in [-0.2, 0) is 4.74 Å².